The number of nitrogens with one attached hydrogen (secondary N) is 1. The van der Waals surface area contributed by atoms with Gasteiger partial charge in [0.25, 0.3) is 5.91 Å². The van der Waals surface area contributed by atoms with Crippen molar-refractivity contribution in [3.8, 4) is 11.4 Å². The molecule has 148 valence electrons. The third kappa shape index (κ3) is 4.27. The maximum Gasteiger partial charge on any atom is 0.256 e. The van der Waals surface area contributed by atoms with E-state index >= 15 is 0 Å². The van der Waals surface area contributed by atoms with E-state index < -0.39 is 6.04 Å². The number of hydrogen-bond acceptors (Lipinski definition) is 5. The van der Waals surface area contributed by atoms with Crippen LogP contribution in [-0.2, 0) is 4.79 Å². The molecule has 1 unspecified atom stereocenters. The smallest absolute Gasteiger partial charge is 0.256 e. The fourth-order valence-electron chi connectivity index (χ4n) is 3.27. The first-order chi connectivity index (χ1) is 14.0. The molecule has 1 aromatic heterocycles. The van der Waals surface area contributed by atoms with Gasteiger partial charge in [-0.25, -0.2) is 0 Å². The van der Waals surface area contributed by atoms with E-state index in [-0.39, 0.29) is 11.8 Å². The van der Waals surface area contributed by atoms with Gasteiger partial charge in [-0.2, -0.15) is 9.36 Å². The van der Waals surface area contributed by atoms with E-state index in [1.54, 1.807) is 12.1 Å². The summed E-state index contributed by atoms with van der Waals surface area (Å²) in [6.07, 6.45) is 1.30. The van der Waals surface area contributed by atoms with Crippen molar-refractivity contribution in [2.75, 3.05) is 11.9 Å². The summed E-state index contributed by atoms with van der Waals surface area (Å²) in [7, 11) is 0. The van der Waals surface area contributed by atoms with Gasteiger partial charge in [0.15, 0.2) is 5.82 Å². The van der Waals surface area contributed by atoms with Crippen molar-refractivity contribution in [1.29, 1.82) is 0 Å². The second kappa shape index (κ2) is 8.49. The molecule has 0 radical (unpaired) electrons. The van der Waals surface area contributed by atoms with Gasteiger partial charge in [-0.05, 0) is 31.0 Å². The average Bonchev–Trinajstić information content (AvgIpc) is 3.40. The minimum Gasteiger partial charge on any atom is -0.327 e. The Labute approximate surface area is 181 Å². The summed E-state index contributed by atoms with van der Waals surface area (Å²) in [5.41, 5.74) is 1.17. The van der Waals surface area contributed by atoms with Crippen molar-refractivity contribution in [2.24, 2.45) is 0 Å². The van der Waals surface area contributed by atoms with E-state index in [4.69, 9.17) is 23.2 Å². The van der Waals surface area contributed by atoms with Crippen molar-refractivity contribution in [3.63, 3.8) is 0 Å². The minimum absolute atomic E-state index is 0.287. The molecule has 0 spiro atoms. The molecule has 2 amide bonds. The Hall–Kier alpha value is -2.48. The Bertz CT molecular complexity index is 1060. The van der Waals surface area contributed by atoms with Gasteiger partial charge in [0.2, 0.25) is 11.0 Å². The third-order valence-electron chi connectivity index (χ3n) is 4.66. The van der Waals surface area contributed by atoms with Gasteiger partial charge in [-0.3, -0.25) is 14.9 Å². The number of halogens is 2. The zero-order valence-electron chi connectivity index (χ0n) is 15.1. The zero-order valence-corrected chi connectivity index (χ0v) is 17.5. The molecule has 0 saturated carbocycles. The number of aromatic nitrogens is 2. The van der Waals surface area contributed by atoms with E-state index in [9.17, 15) is 9.59 Å². The SMILES string of the molecule is O=C(Nc1nc(-c2ccccc2)ns1)C1CCCN1C(=O)c1cc(Cl)ccc1Cl. The highest BCUT2D eigenvalue weighted by atomic mass is 35.5. The van der Waals surface area contributed by atoms with Crippen molar-refractivity contribution in [2.45, 2.75) is 18.9 Å². The van der Waals surface area contributed by atoms with Crippen LogP contribution in [0.15, 0.2) is 48.5 Å². The lowest BCUT2D eigenvalue weighted by molar-refractivity contribution is -0.119. The van der Waals surface area contributed by atoms with Crippen LogP contribution in [0.1, 0.15) is 23.2 Å². The monoisotopic (exact) mass is 446 g/mol. The summed E-state index contributed by atoms with van der Waals surface area (Å²) in [6, 6.07) is 13.6. The summed E-state index contributed by atoms with van der Waals surface area (Å²) in [5, 5.41) is 3.91. The van der Waals surface area contributed by atoms with Crippen molar-refractivity contribution >= 4 is 51.7 Å². The van der Waals surface area contributed by atoms with Crippen LogP contribution in [0.2, 0.25) is 10.0 Å². The van der Waals surface area contributed by atoms with Crippen LogP contribution < -0.4 is 5.32 Å². The van der Waals surface area contributed by atoms with Gasteiger partial charge in [0.05, 0.1) is 10.6 Å². The molecule has 4 rings (SSSR count). The summed E-state index contributed by atoms with van der Waals surface area (Å²) < 4.78 is 4.29. The molecule has 1 fully saturated rings. The Balaban J connectivity index is 1.49. The first-order valence-corrected chi connectivity index (χ1v) is 10.5. The average molecular weight is 447 g/mol. The van der Waals surface area contributed by atoms with Gasteiger partial charge >= 0.3 is 0 Å². The Morgan fingerprint density at radius 3 is 2.72 bits per heavy atom. The molecule has 1 saturated heterocycles. The van der Waals surface area contributed by atoms with Gasteiger partial charge in [0, 0.05) is 28.7 Å². The van der Waals surface area contributed by atoms with Crippen LogP contribution in [0, 0.1) is 0 Å². The first kappa shape index (κ1) is 19.8. The van der Waals surface area contributed by atoms with Crippen LogP contribution >= 0.6 is 34.7 Å². The first-order valence-electron chi connectivity index (χ1n) is 8.99. The molecule has 1 atom stereocenters. The summed E-state index contributed by atoms with van der Waals surface area (Å²) >= 11 is 13.3. The summed E-state index contributed by atoms with van der Waals surface area (Å²) in [4.78, 5) is 31.7. The molecule has 2 heterocycles. The molecule has 0 aliphatic carbocycles. The second-order valence-electron chi connectivity index (χ2n) is 6.56. The van der Waals surface area contributed by atoms with Gasteiger partial charge in [-0.15, -0.1) is 0 Å². The highest BCUT2D eigenvalue weighted by Gasteiger charge is 2.35. The lowest BCUT2D eigenvalue weighted by atomic mass is 10.1. The van der Waals surface area contributed by atoms with E-state index in [1.165, 1.54) is 11.0 Å². The zero-order chi connectivity index (χ0) is 20.4. The number of amides is 2. The van der Waals surface area contributed by atoms with Crippen LogP contribution in [0.5, 0.6) is 0 Å². The topological polar surface area (TPSA) is 75.2 Å². The van der Waals surface area contributed by atoms with Crippen molar-refractivity contribution in [1.82, 2.24) is 14.3 Å². The van der Waals surface area contributed by atoms with Gasteiger partial charge < -0.3 is 4.90 Å². The molecular formula is C20H16Cl2N4O2S. The Kier molecular flexibility index (Phi) is 5.80. The maximum atomic E-state index is 13.0. The van der Waals surface area contributed by atoms with Crippen LogP contribution in [-0.4, -0.2) is 38.7 Å². The predicted octanol–water partition coefficient (Wildman–Crippen LogP) is 4.76. The fourth-order valence-corrected chi connectivity index (χ4v) is 4.23. The van der Waals surface area contributed by atoms with E-state index in [0.717, 1.165) is 23.5 Å². The highest BCUT2D eigenvalue weighted by Crippen LogP contribution is 2.27. The van der Waals surface area contributed by atoms with Gasteiger partial charge in [0.1, 0.15) is 6.04 Å². The molecule has 1 aliphatic rings. The molecule has 0 bridgehead atoms. The number of anilines is 1. The predicted molar refractivity (Wildman–Crippen MR) is 114 cm³/mol. The lowest BCUT2D eigenvalue weighted by Crippen LogP contribution is -2.43. The van der Waals surface area contributed by atoms with E-state index in [2.05, 4.69) is 14.7 Å². The fraction of sp³-hybridized carbons (Fsp3) is 0.200. The molecule has 9 heteroatoms. The van der Waals surface area contributed by atoms with Crippen LogP contribution in [0.3, 0.4) is 0 Å². The summed E-state index contributed by atoms with van der Waals surface area (Å²) in [6.45, 7) is 0.477. The number of carbonyl (C=O) groups excluding carboxylic acids is 2. The van der Waals surface area contributed by atoms with Gasteiger partial charge in [-0.1, -0.05) is 53.5 Å². The molecule has 1 aliphatic heterocycles. The number of carbonyl (C=O) groups is 2. The number of rotatable bonds is 4. The number of likely N-dealkylation sites (tertiary alicyclic amines) is 1. The number of hydrogen-bond donors (Lipinski definition) is 1. The highest BCUT2D eigenvalue weighted by molar-refractivity contribution is 7.10. The van der Waals surface area contributed by atoms with E-state index in [1.807, 2.05) is 30.3 Å². The molecule has 1 N–H and O–H groups in total. The van der Waals surface area contributed by atoms with Crippen LogP contribution in [0.4, 0.5) is 5.13 Å². The molecule has 29 heavy (non-hydrogen) atoms. The Morgan fingerprint density at radius 2 is 1.93 bits per heavy atom. The Morgan fingerprint density at radius 1 is 1.14 bits per heavy atom. The summed E-state index contributed by atoms with van der Waals surface area (Å²) in [5.74, 6) is -0.0434. The normalized spacial score (nSPS) is 16.1. The maximum absolute atomic E-state index is 13.0. The van der Waals surface area contributed by atoms with Crippen LogP contribution in [0.25, 0.3) is 11.4 Å². The second-order valence-corrected chi connectivity index (χ2v) is 8.15. The molecular weight excluding hydrogens is 431 g/mol. The largest absolute Gasteiger partial charge is 0.327 e. The number of benzene rings is 2. The quantitative estimate of drug-likeness (QED) is 0.626. The third-order valence-corrected chi connectivity index (χ3v) is 5.86. The lowest BCUT2D eigenvalue weighted by Gasteiger charge is -2.24. The molecule has 2 aromatic carbocycles. The minimum atomic E-state index is -0.596. The van der Waals surface area contributed by atoms with Crippen molar-refractivity contribution < 1.29 is 9.59 Å². The number of nitrogens with zero attached hydrogens (tertiary/aromatic N) is 3. The molecule has 6 nitrogen and oxygen atoms in total. The van der Waals surface area contributed by atoms with E-state index in [0.29, 0.717) is 39.5 Å². The van der Waals surface area contributed by atoms with Crippen molar-refractivity contribution in [3.05, 3.63) is 64.1 Å². The molecule has 3 aromatic rings. The standard InChI is InChI=1S/C20H16Cl2N4O2S/c21-13-8-9-15(22)14(11-13)19(28)26-10-4-7-16(26)18(27)24-20-23-17(25-29-20)12-5-2-1-3-6-12/h1-3,5-6,8-9,11,16H,4,7,10H2,(H,23,24,25,27).